The average molecular weight is 255 g/mol. The third-order valence-corrected chi connectivity index (χ3v) is 2.68. The Morgan fingerprint density at radius 2 is 1.69 bits per heavy atom. The van der Waals surface area contributed by atoms with E-state index in [1.165, 1.54) is 0 Å². The first-order chi connectivity index (χ1) is 7.65. The summed E-state index contributed by atoms with van der Waals surface area (Å²) < 4.78 is 0.803. The van der Waals surface area contributed by atoms with Crippen LogP contribution in [0.2, 0.25) is 0 Å². The number of rotatable bonds is 1. The van der Waals surface area contributed by atoms with Crippen molar-refractivity contribution >= 4 is 16.3 Å². The van der Waals surface area contributed by atoms with Crippen LogP contribution < -0.4 is 11.5 Å². The zero-order valence-electron chi connectivity index (χ0n) is 8.59. The summed E-state index contributed by atoms with van der Waals surface area (Å²) in [6.45, 7) is 0. The van der Waals surface area contributed by atoms with Gasteiger partial charge in [0.25, 0.3) is 0 Å². The van der Waals surface area contributed by atoms with Crippen molar-refractivity contribution in [2.75, 3.05) is 5.73 Å². The van der Waals surface area contributed by atoms with Crippen molar-refractivity contribution < 1.29 is 15.0 Å². The Morgan fingerprint density at radius 3 is 2.31 bits per heavy atom. The van der Waals surface area contributed by atoms with Gasteiger partial charge in [-0.2, -0.15) is 0 Å². The molecular weight excluding hydrogens is 243 g/mol. The number of allylic oxidation sites excluding steroid dienone is 4. The molecule has 0 saturated carbocycles. The molecule has 0 unspecified atom stereocenters. The molecular formula is C13H12N2Ni. The van der Waals surface area contributed by atoms with E-state index in [1.54, 1.807) is 0 Å². The minimum atomic E-state index is 0.704. The molecule has 0 atom stereocenters. The molecule has 1 aromatic rings. The third-order valence-electron chi connectivity index (χ3n) is 2.26. The van der Waals surface area contributed by atoms with Gasteiger partial charge in [0.1, 0.15) is 0 Å². The fraction of sp³-hybridized carbons (Fsp3) is 0. The van der Waals surface area contributed by atoms with Crippen LogP contribution in [0.3, 0.4) is 0 Å². The van der Waals surface area contributed by atoms with Crippen molar-refractivity contribution in [3.8, 4) is 0 Å². The summed E-state index contributed by atoms with van der Waals surface area (Å²) in [7, 11) is 0. The van der Waals surface area contributed by atoms with E-state index in [4.69, 9.17) is 26.5 Å². The van der Waals surface area contributed by atoms with Crippen LogP contribution in [0.25, 0.3) is 6.08 Å². The van der Waals surface area contributed by atoms with Crippen molar-refractivity contribution in [3.05, 3.63) is 59.3 Å². The Hall–Kier alpha value is -1.60. The van der Waals surface area contributed by atoms with Gasteiger partial charge in [-0.25, -0.2) is 0 Å². The number of anilines is 1. The third kappa shape index (κ3) is 2.50. The Balaban J connectivity index is 2.29. The Kier molecular flexibility index (Phi) is 3.07. The molecule has 1 aliphatic rings. The van der Waals surface area contributed by atoms with Gasteiger partial charge in [0, 0.05) is 0 Å². The molecule has 0 aromatic heterocycles. The number of nitrogens with two attached hydrogens (primary N) is 2. The van der Waals surface area contributed by atoms with E-state index in [9.17, 15) is 0 Å². The second-order valence-corrected chi connectivity index (χ2v) is 4.09. The maximum atomic E-state index is 5.65. The zero-order valence-corrected chi connectivity index (χ0v) is 9.58. The van der Waals surface area contributed by atoms with Crippen LogP contribution >= 0.6 is 0 Å². The summed E-state index contributed by atoms with van der Waals surface area (Å²) in [6, 6.07) is 7.67. The predicted molar refractivity (Wildman–Crippen MR) is 65.2 cm³/mol. The fourth-order valence-electron chi connectivity index (χ4n) is 1.41. The van der Waals surface area contributed by atoms with Crippen LogP contribution in [0.5, 0.6) is 0 Å². The molecule has 1 aliphatic carbocycles. The van der Waals surface area contributed by atoms with Crippen LogP contribution in [-0.4, -0.2) is 4.49 Å². The van der Waals surface area contributed by atoms with Crippen LogP contribution in [-0.2, 0) is 15.0 Å². The second-order valence-electron chi connectivity index (χ2n) is 3.56. The topological polar surface area (TPSA) is 52.0 Å². The molecule has 2 rings (SSSR count). The second kappa shape index (κ2) is 4.50. The van der Waals surface area contributed by atoms with Gasteiger partial charge < -0.3 is 0 Å². The van der Waals surface area contributed by atoms with E-state index in [1.807, 2.05) is 48.6 Å². The van der Waals surface area contributed by atoms with Crippen molar-refractivity contribution in [1.82, 2.24) is 0 Å². The summed E-state index contributed by atoms with van der Waals surface area (Å²) in [5.74, 6) is 0. The van der Waals surface area contributed by atoms with Gasteiger partial charge in [-0.1, -0.05) is 0 Å². The van der Waals surface area contributed by atoms with Gasteiger partial charge in [-0.15, -0.1) is 0 Å². The van der Waals surface area contributed by atoms with E-state index >= 15 is 0 Å². The molecule has 0 heterocycles. The zero-order chi connectivity index (χ0) is 11.5. The summed E-state index contributed by atoms with van der Waals surface area (Å²) >= 11 is 4.91. The average Bonchev–Trinajstić information content (AvgIpc) is 2.25. The maximum absolute atomic E-state index is 5.65. The molecule has 0 radical (unpaired) electrons. The van der Waals surface area contributed by atoms with Gasteiger partial charge in [0.05, 0.1) is 0 Å². The van der Waals surface area contributed by atoms with Crippen LogP contribution in [0.1, 0.15) is 5.56 Å². The number of hydrogen-bond donors (Lipinski definition) is 2. The Bertz CT molecular complexity index is 507. The van der Waals surface area contributed by atoms with E-state index in [-0.39, 0.29) is 0 Å². The summed E-state index contributed by atoms with van der Waals surface area (Å²) in [5, 5.41) is 0. The van der Waals surface area contributed by atoms with Crippen molar-refractivity contribution in [2.24, 2.45) is 5.73 Å². The minimum absolute atomic E-state index is 0.704. The van der Waals surface area contributed by atoms with Gasteiger partial charge >= 0.3 is 102 Å². The standard InChI is InChI=1S/C13H12N2.Ni/c14-12-5-1-10(2-6-12)9-11-3-7-13(15)8-4-11;/h1-3,5-9H,14-15H2;/b11-9-;. The molecule has 0 spiro atoms. The van der Waals surface area contributed by atoms with Gasteiger partial charge in [-0.3, -0.25) is 0 Å². The molecule has 4 N–H and O–H groups in total. The SMILES string of the molecule is NC1=C[C](=[Ni])/C(=C\c2ccc(N)cc2)C=C1. The first kappa shape index (κ1) is 10.9. The first-order valence-corrected chi connectivity index (χ1v) is 5.37. The monoisotopic (exact) mass is 254 g/mol. The van der Waals surface area contributed by atoms with Gasteiger partial charge in [-0.05, 0) is 0 Å². The number of hydrogen-bond acceptors (Lipinski definition) is 2. The first-order valence-electron chi connectivity index (χ1n) is 4.87. The summed E-state index contributed by atoms with van der Waals surface area (Å²) in [4.78, 5) is 0. The molecule has 84 valence electrons. The van der Waals surface area contributed by atoms with E-state index in [0.29, 0.717) is 5.70 Å². The predicted octanol–water partition coefficient (Wildman–Crippen LogP) is 1.78. The molecule has 0 amide bonds. The van der Waals surface area contributed by atoms with Crippen molar-refractivity contribution in [3.63, 3.8) is 0 Å². The molecule has 0 bridgehead atoms. The van der Waals surface area contributed by atoms with Crippen molar-refractivity contribution in [2.45, 2.75) is 0 Å². The van der Waals surface area contributed by atoms with Crippen LogP contribution in [0.15, 0.2) is 53.8 Å². The molecule has 3 heteroatoms. The number of nitrogen functional groups attached to an aromatic ring is 1. The van der Waals surface area contributed by atoms with Crippen LogP contribution in [0, 0.1) is 0 Å². The molecule has 0 saturated heterocycles. The normalized spacial score (nSPS) is 17.8. The molecule has 1 aromatic carbocycles. The fourth-order valence-corrected chi connectivity index (χ4v) is 1.73. The number of benzene rings is 1. The Labute approximate surface area is 102 Å². The molecule has 0 fully saturated rings. The molecule has 0 aliphatic heterocycles. The van der Waals surface area contributed by atoms with Crippen molar-refractivity contribution in [1.29, 1.82) is 0 Å². The summed E-state index contributed by atoms with van der Waals surface area (Å²) in [5.41, 5.74) is 14.8. The van der Waals surface area contributed by atoms with E-state index < -0.39 is 0 Å². The molecule has 16 heavy (non-hydrogen) atoms. The quantitative estimate of drug-likeness (QED) is 0.593. The van der Waals surface area contributed by atoms with Gasteiger partial charge in [0.15, 0.2) is 0 Å². The molecule has 2 nitrogen and oxygen atoms in total. The Morgan fingerprint density at radius 1 is 1.00 bits per heavy atom. The van der Waals surface area contributed by atoms with E-state index in [2.05, 4.69) is 0 Å². The summed E-state index contributed by atoms with van der Waals surface area (Å²) in [6.07, 6.45) is 7.62. The van der Waals surface area contributed by atoms with E-state index in [0.717, 1.165) is 21.3 Å². The van der Waals surface area contributed by atoms with Crippen LogP contribution in [0.4, 0.5) is 5.69 Å². The van der Waals surface area contributed by atoms with Gasteiger partial charge in [0.2, 0.25) is 0 Å².